The molecule has 1 aliphatic carbocycles. The molecule has 3 aliphatic rings. The van der Waals surface area contributed by atoms with Crippen molar-refractivity contribution in [2.75, 3.05) is 26.2 Å². The smallest absolute Gasteiger partial charge is 0.289 e. The van der Waals surface area contributed by atoms with E-state index in [-0.39, 0.29) is 11.3 Å². The lowest BCUT2D eigenvalue weighted by molar-refractivity contribution is -0.130. The minimum atomic E-state index is -0.0228. The van der Waals surface area contributed by atoms with Crippen LogP contribution in [0.3, 0.4) is 0 Å². The van der Waals surface area contributed by atoms with Gasteiger partial charge < -0.3 is 14.2 Å². The van der Waals surface area contributed by atoms with Crippen LogP contribution < -0.4 is 0 Å². The van der Waals surface area contributed by atoms with Crippen LogP contribution in [0.15, 0.2) is 21.2 Å². The number of hydrogen-bond acceptors (Lipinski definition) is 3. The first-order valence-corrected chi connectivity index (χ1v) is 10.2. The molecule has 1 spiro atoms. The molecule has 6 heteroatoms. The van der Waals surface area contributed by atoms with Crippen molar-refractivity contribution in [2.24, 2.45) is 11.3 Å². The summed E-state index contributed by atoms with van der Waals surface area (Å²) < 4.78 is 6.03. The van der Waals surface area contributed by atoms with E-state index in [9.17, 15) is 9.59 Å². The fraction of sp³-hybridized carbons (Fsp3) is 0.684. The van der Waals surface area contributed by atoms with Crippen LogP contribution in [0.5, 0.6) is 0 Å². The molecule has 0 radical (unpaired) electrons. The van der Waals surface area contributed by atoms with Crippen LogP contribution in [0, 0.1) is 11.3 Å². The Morgan fingerprint density at radius 3 is 2.52 bits per heavy atom. The van der Waals surface area contributed by atoms with Crippen LogP contribution in [0.2, 0.25) is 0 Å². The molecule has 4 rings (SSSR count). The van der Waals surface area contributed by atoms with Gasteiger partial charge in [-0.15, -0.1) is 0 Å². The van der Waals surface area contributed by atoms with Crippen molar-refractivity contribution in [2.45, 2.75) is 44.9 Å². The fourth-order valence-electron chi connectivity index (χ4n) is 4.79. The quantitative estimate of drug-likeness (QED) is 0.762. The molecule has 25 heavy (non-hydrogen) atoms. The van der Waals surface area contributed by atoms with Gasteiger partial charge in [0.25, 0.3) is 5.91 Å². The summed E-state index contributed by atoms with van der Waals surface area (Å²) >= 11 is 3.26. The monoisotopic (exact) mass is 408 g/mol. The van der Waals surface area contributed by atoms with E-state index >= 15 is 0 Å². The third kappa shape index (κ3) is 3.25. The van der Waals surface area contributed by atoms with E-state index in [2.05, 4.69) is 15.9 Å². The second-order valence-electron chi connectivity index (χ2n) is 7.83. The first-order chi connectivity index (χ1) is 12.1. The number of amides is 2. The van der Waals surface area contributed by atoms with Crippen LogP contribution in [0.4, 0.5) is 0 Å². The third-order valence-electron chi connectivity index (χ3n) is 6.40. The zero-order valence-electron chi connectivity index (χ0n) is 14.5. The van der Waals surface area contributed by atoms with E-state index in [1.807, 2.05) is 9.80 Å². The van der Waals surface area contributed by atoms with E-state index in [0.717, 1.165) is 45.4 Å². The predicted molar refractivity (Wildman–Crippen MR) is 97.1 cm³/mol. The Balaban J connectivity index is 1.39. The summed E-state index contributed by atoms with van der Waals surface area (Å²) in [6, 6.07) is 3.48. The van der Waals surface area contributed by atoms with Gasteiger partial charge in [0.1, 0.15) is 0 Å². The number of rotatable bonds is 4. The zero-order valence-corrected chi connectivity index (χ0v) is 16.1. The van der Waals surface area contributed by atoms with Gasteiger partial charge in [-0.3, -0.25) is 9.59 Å². The van der Waals surface area contributed by atoms with Gasteiger partial charge in [-0.25, -0.2) is 0 Å². The van der Waals surface area contributed by atoms with E-state index in [1.54, 1.807) is 12.1 Å². The van der Waals surface area contributed by atoms with Gasteiger partial charge in [-0.1, -0.05) is 6.42 Å². The molecule has 3 fully saturated rings. The molecule has 2 amide bonds. The molecule has 1 aromatic heterocycles. The average Bonchev–Trinajstić information content (AvgIpc) is 3.29. The molecule has 0 aromatic carbocycles. The lowest BCUT2D eigenvalue weighted by atomic mass is 9.62. The van der Waals surface area contributed by atoms with Crippen LogP contribution >= 0.6 is 15.9 Å². The van der Waals surface area contributed by atoms with Crippen LogP contribution in [-0.4, -0.2) is 47.8 Å². The molecule has 2 aliphatic heterocycles. The maximum atomic E-state index is 12.7. The summed E-state index contributed by atoms with van der Waals surface area (Å²) in [5.74, 6) is 1.11. The lowest BCUT2D eigenvalue weighted by Gasteiger charge is -2.42. The van der Waals surface area contributed by atoms with Gasteiger partial charge >= 0.3 is 0 Å². The Morgan fingerprint density at radius 2 is 1.92 bits per heavy atom. The molecular weight excluding hydrogens is 384 g/mol. The summed E-state index contributed by atoms with van der Waals surface area (Å²) in [5, 5.41) is 0. The van der Waals surface area contributed by atoms with Crippen molar-refractivity contribution >= 4 is 27.7 Å². The first-order valence-electron chi connectivity index (χ1n) is 9.40. The molecule has 5 nitrogen and oxygen atoms in total. The van der Waals surface area contributed by atoms with Gasteiger partial charge in [0.05, 0.1) is 0 Å². The van der Waals surface area contributed by atoms with Gasteiger partial charge in [0.2, 0.25) is 5.91 Å². The molecule has 1 aromatic rings. The number of carbonyl (C=O) groups is 2. The van der Waals surface area contributed by atoms with E-state index in [0.29, 0.717) is 28.7 Å². The van der Waals surface area contributed by atoms with Crippen LogP contribution in [-0.2, 0) is 4.79 Å². The molecule has 136 valence electrons. The Bertz CT molecular complexity index is 661. The summed E-state index contributed by atoms with van der Waals surface area (Å²) in [4.78, 5) is 29.0. The number of likely N-dealkylation sites (tertiary alicyclic amines) is 2. The number of hydrogen-bond donors (Lipinski definition) is 0. The van der Waals surface area contributed by atoms with Gasteiger partial charge in [0, 0.05) is 32.6 Å². The summed E-state index contributed by atoms with van der Waals surface area (Å²) in [6.07, 6.45) is 7.41. The first kappa shape index (κ1) is 17.1. The van der Waals surface area contributed by atoms with Crippen molar-refractivity contribution in [3.8, 4) is 0 Å². The van der Waals surface area contributed by atoms with Crippen molar-refractivity contribution in [1.82, 2.24) is 9.80 Å². The lowest BCUT2D eigenvalue weighted by Crippen LogP contribution is -2.39. The SMILES string of the molecule is O=C(CCC1CN(C(=O)c2ccc(Br)o2)CC12CCC2)N1CCCC1. The Kier molecular flexibility index (Phi) is 4.65. The van der Waals surface area contributed by atoms with Crippen LogP contribution in [0.25, 0.3) is 0 Å². The van der Waals surface area contributed by atoms with E-state index < -0.39 is 0 Å². The van der Waals surface area contributed by atoms with E-state index in [4.69, 9.17) is 4.42 Å². The topological polar surface area (TPSA) is 53.8 Å². The molecule has 0 N–H and O–H groups in total. The molecule has 1 atom stereocenters. The Hall–Kier alpha value is -1.30. The van der Waals surface area contributed by atoms with Gasteiger partial charge in [-0.2, -0.15) is 0 Å². The highest BCUT2D eigenvalue weighted by atomic mass is 79.9. The van der Waals surface area contributed by atoms with Crippen LogP contribution in [0.1, 0.15) is 55.5 Å². The van der Waals surface area contributed by atoms with Gasteiger partial charge in [0.15, 0.2) is 10.4 Å². The largest absolute Gasteiger partial charge is 0.444 e. The molecule has 2 saturated heterocycles. The molecule has 3 heterocycles. The van der Waals surface area contributed by atoms with Crippen molar-refractivity contribution in [1.29, 1.82) is 0 Å². The highest BCUT2D eigenvalue weighted by Crippen LogP contribution is 2.53. The summed E-state index contributed by atoms with van der Waals surface area (Å²) in [5.41, 5.74) is 0.241. The van der Waals surface area contributed by atoms with Crippen molar-refractivity contribution in [3.63, 3.8) is 0 Å². The van der Waals surface area contributed by atoms with Crippen molar-refractivity contribution in [3.05, 3.63) is 22.6 Å². The normalized spacial score (nSPS) is 24.8. The minimum absolute atomic E-state index is 0.0228. The molecule has 1 saturated carbocycles. The Labute approximate surface area is 156 Å². The zero-order chi connectivity index (χ0) is 17.4. The minimum Gasteiger partial charge on any atom is -0.444 e. The summed E-state index contributed by atoms with van der Waals surface area (Å²) in [6.45, 7) is 3.41. The number of carbonyl (C=O) groups excluding carboxylic acids is 2. The van der Waals surface area contributed by atoms with Gasteiger partial charge in [-0.05, 0) is 71.5 Å². The second kappa shape index (κ2) is 6.78. The highest BCUT2D eigenvalue weighted by Gasteiger charge is 2.51. The van der Waals surface area contributed by atoms with Crippen molar-refractivity contribution < 1.29 is 14.0 Å². The second-order valence-corrected chi connectivity index (χ2v) is 8.61. The average molecular weight is 409 g/mol. The summed E-state index contributed by atoms with van der Waals surface area (Å²) in [7, 11) is 0. The molecule has 0 bridgehead atoms. The molecule has 1 unspecified atom stereocenters. The number of nitrogens with zero attached hydrogens (tertiary/aromatic N) is 2. The number of furan rings is 1. The standard InChI is InChI=1S/C19H25BrN2O3/c20-16-6-5-15(25-16)18(24)22-12-14(19(13-22)8-3-9-19)4-7-17(23)21-10-1-2-11-21/h5-6,14H,1-4,7-13H2. The maximum Gasteiger partial charge on any atom is 0.289 e. The molecular formula is C19H25BrN2O3. The maximum absolute atomic E-state index is 12.7. The third-order valence-corrected chi connectivity index (χ3v) is 6.82. The Morgan fingerprint density at radius 1 is 1.16 bits per heavy atom. The highest BCUT2D eigenvalue weighted by molar-refractivity contribution is 9.10. The number of halogens is 1. The predicted octanol–water partition coefficient (Wildman–Crippen LogP) is 3.69. The fourth-order valence-corrected chi connectivity index (χ4v) is 5.10. The van der Waals surface area contributed by atoms with E-state index in [1.165, 1.54) is 19.3 Å².